The first-order valence-corrected chi connectivity index (χ1v) is 17.2. The summed E-state index contributed by atoms with van der Waals surface area (Å²) in [6.07, 6.45) is 18.6. The molecule has 2 nitrogen and oxygen atoms in total. The molecule has 0 heterocycles. The molecule has 50 heavy (non-hydrogen) atoms. The van der Waals surface area contributed by atoms with Crippen LogP contribution in [0.1, 0.15) is 11.1 Å². The van der Waals surface area contributed by atoms with E-state index >= 15 is 0 Å². The van der Waals surface area contributed by atoms with Crippen LogP contribution in [0, 0.1) is 0 Å². The fraction of sp³-hybridized carbons (Fsp3) is 0.0417. The smallest absolute Gasteiger partial charge is 0.108 e. The molecule has 0 spiro atoms. The zero-order valence-corrected chi connectivity index (χ0v) is 27.8. The molecule has 0 saturated heterocycles. The highest BCUT2D eigenvalue weighted by molar-refractivity contribution is 5.74. The summed E-state index contributed by atoms with van der Waals surface area (Å²) in [5.74, 6) is 0. The van der Waals surface area contributed by atoms with Crippen LogP contribution in [0.15, 0.2) is 242 Å². The monoisotopic (exact) mass is 642 g/mol. The summed E-state index contributed by atoms with van der Waals surface area (Å²) >= 11 is 0. The normalized spacial score (nSPS) is 19.4. The summed E-state index contributed by atoms with van der Waals surface area (Å²) in [5, 5.41) is 0. The predicted octanol–water partition coefficient (Wildman–Crippen LogP) is 12.0. The third-order valence-electron chi connectivity index (χ3n) is 9.67. The molecule has 0 fully saturated rings. The Labute approximate surface area is 295 Å². The number of hydrogen-bond donors (Lipinski definition) is 0. The summed E-state index contributed by atoms with van der Waals surface area (Å²) in [5.41, 5.74) is 8.14. The summed E-state index contributed by atoms with van der Waals surface area (Å²) in [6.45, 7) is 0. The molecule has 0 atom stereocenters. The van der Waals surface area contributed by atoms with Gasteiger partial charge in [0.25, 0.3) is 0 Å². The van der Waals surface area contributed by atoms with E-state index in [0.29, 0.717) is 0 Å². The zero-order valence-electron chi connectivity index (χ0n) is 27.8. The summed E-state index contributed by atoms with van der Waals surface area (Å²) < 4.78 is 0. The van der Waals surface area contributed by atoms with E-state index in [4.69, 9.17) is 0 Å². The Morgan fingerprint density at radius 1 is 0.260 bits per heavy atom. The van der Waals surface area contributed by atoms with Crippen LogP contribution >= 0.6 is 0 Å². The average Bonchev–Trinajstić information content (AvgIpc) is 3.21. The highest BCUT2D eigenvalue weighted by Crippen LogP contribution is 2.46. The second kappa shape index (κ2) is 13.6. The second-order valence-electron chi connectivity index (χ2n) is 12.6. The van der Waals surface area contributed by atoms with Crippen molar-refractivity contribution in [2.24, 2.45) is 0 Å². The number of benzene rings is 6. The van der Waals surface area contributed by atoms with Gasteiger partial charge in [-0.15, -0.1) is 0 Å². The van der Waals surface area contributed by atoms with Crippen molar-refractivity contribution in [1.29, 1.82) is 0 Å². The van der Waals surface area contributed by atoms with E-state index in [2.05, 4.69) is 240 Å². The minimum Gasteiger partial charge on any atom is -0.324 e. The SMILES string of the molecule is C1=CC(c2ccccc2)(N(c2ccccc2)c2ccccc2)C=CC1=C1C=CC(c2ccccc2)(N(c2ccccc2)c2ccccc2)C=C1. The lowest BCUT2D eigenvalue weighted by atomic mass is 9.79. The molecule has 240 valence electrons. The van der Waals surface area contributed by atoms with Crippen LogP contribution in [-0.2, 0) is 11.1 Å². The molecule has 0 saturated carbocycles. The molecule has 0 bridgehead atoms. The molecule has 0 radical (unpaired) electrons. The van der Waals surface area contributed by atoms with Gasteiger partial charge in [0.15, 0.2) is 0 Å². The number of para-hydroxylation sites is 4. The summed E-state index contributed by atoms with van der Waals surface area (Å²) in [6, 6.07) is 64.3. The van der Waals surface area contributed by atoms with Crippen LogP contribution in [0.3, 0.4) is 0 Å². The Kier molecular flexibility index (Phi) is 8.42. The van der Waals surface area contributed by atoms with Crippen LogP contribution in [0.25, 0.3) is 0 Å². The van der Waals surface area contributed by atoms with Gasteiger partial charge in [0.1, 0.15) is 11.1 Å². The molecule has 6 aromatic carbocycles. The molecule has 6 aromatic rings. The number of anilines is 4. The predicted molar refractivity (Wildman–Crippen MR) is 210 cm³/mol. The van der Waals surface area contributed by atoms with E-state index in [9.17, 15) is 0 Å². The van der Waals surface area contributed by atoms with Crippen molar-refractivity contribution in [2.45, 2.75) is 11.1 Å². The maximum atomic E-state index is 2.43. The van der Waals surface area contributed by atoms with Gasteiger partial charge in [0.05, 0.1) is 0 Å². The summed E-state index contributed by atoms with van der Waals surface area (Å²) in [7, 11) is 0. The molecule has 0 unspecified atom stereocenters. The van der Waals surface area contributed by atoms with Crippen molar-refractivity contribution in [3.05, 3.63) is 253 Å². The first-order valence-electron chi connectivity index (χ1n) is 17.2. The average molecular weight is 643 g/mol. The van der Waals surface area contributed by atoms with Gasteiger partial charge in [-0.2, -0.15) is 0 Å². The Bertz CT molecular complexity index is 1910. The van der Waals surface area contributed by atoms with Crippen LogP contribution in [-0.4, -0.2) is 0 Å². The summed E-state index contributed by atoms with van der Waals surface area (Å²) in [4.78, 5) is 4.86. The molecule has 8 rings (SSSR count). The van der Waals surface area contributed by atoms with E-state index in [-0.39, 0.29) is 0 Å². The largest absolute Gasteiger partial charge is 0.324 e. The van der Waals surface area contributed by atoms with Crippen molar-refractivity contribution in [2.75, 3.05) is 9.80 Å². The third-order valence-corrected chi connectivity index (χ3v) is 9.67. The van der Waals surface area contributed by atoms with Crippen LogP contribution in [0.2, 0.25) is 0 Å². The van der Waals surface area contributed by atoms with Crippen molar-refractivity contribution < 1.29 is 0 Å². The Hall–Kier alpha value is -6.38. The minimum atomic E-state index is -0.540. The molecule has 0 aromatic heterocycles. The van der Waals surface area contributed by atoms with Gasteiger partial charge in [0, 0.05) is 22.7 Å². The molecule has 2 aliphatic rings. The molecule has 2 heteroatoms. The highest BCUT2D eigenvalue weighted by Gasteiger charge is 2.39. The first kappa shape index (κ1) is 30.9. The van der Waals surface area contributed by atoms with E-state index in [1.807, 2.05) is 0 Å². The van der Waals surface area contributed by atoms with Crippen molar-refractivity contribution in [1.82, 2.24) is 0 Å². The molecular formula is C48H38N2. The lowest BCUT2D eigenvalue weighted by Gasteiger charge is -2.44. The fourth-order valence-electron chi connectivity index (χ4n) is 7.29. The maximum absolute atomic E-state index is 2.43. The second-order valence-corrected chi connectivity index (χ2v) is 12.6. The Balaban J connectivity index is 1.24. The molecule has 2 aliphatic carbocycles. The number of nitrogens with zero attached hydrogens (tertiary/aromatic N) is 2. The quantitative estimate of drug-likeness (QED) is 0.163. The van der Waals surface area contributed by atoms with Crippen molar-refractivity contribution in [3.8, 4) is 0 Å². The van der Waals surface area contributed by atoms with Gasteiger partial charge < -0.3 is 9.80 Å². The Morgan fingerprint density at radius 3 is 0.720 bits per heavy atom. The molecular weight excluding hydrogens is 605 g/mol. The lowest BCUT2D eigenvalue weighted by Crippen LogP contribution is -2.41. The van der Waals surface area contributed by atoms with Gasteiger partial charge in [0.2, 0.25) is 0 Å². The van der Waals surface area contributed by atoms with Crippen molar-refractivity contribution in [3.63, 3.8) is 0 Å². The maximum Gasteiger partial charge on any atom is 0.108 e. The van der Waals surface area contributed by atoms with Crippen LogP contribution < -0.4 is 9.80 Å². The Morgan fingerprint density at radius 2 is 0.480 bits per heavy atom. The number of rotatable bonds is 8. The minimum absolute atomic E-state index is 0.540. The number of hydrogen-bond acceptors (Lipinski definition) is 2. The third kappa shape index (κ3) is 5.71. The number of allylic oxidation sites excluding steroid dienone is 6. The van der Waals surface area contributed by atoms with Gasteiger partial charge in [-0.1, -0.05) is 158 Å². The van der Waals surface area contributed by atoms with E-state index in [1.54, 1.807) is 0 Å². The lowest BCUT2D eigenvalue weighted by molar-refractivity contribution is 0.671. The van der Waals surface area contributed by atoms with E-state index < -0.39 is 11.1 Å². The zero-order chi connectivity index (χ0) is 33.6. The molecule has 0 N–H and O–H groups in total. The van der Waals surface area contributed by atoms with Crippen LogP contribution in [0.4, 0.5) is 22.7 Å². The van der Waals surface area contributed by atoms with Gasteiger partial charge in [-0.25, -0.2) is 0 Å². The van der Waals surface area contributed by atoms with Crippen LogP contribution in [0.5, 0.6) is 0 Å². The van der Waals surface area contributed by atoms with Gasteiger partial charge in [-0.3, -0.25) is 0 Å². The van der Waals surface area contributed by atoms with Gasteiger partial charge in [-0.05, 0) is 95.1 Å². The van der Waals surface area contributed by atoms with Gasteiger partial charge >= 0.3 is 0 Å². The molecule has 0 aliphatic heterocycles. The van der Waals surface area contributed by atoms with E-state index in [0.717, 1.165) is 33.9 Å². The van der Waals surface area contributed by atoms with Crippen molar-refractivity contribution >= 4 is 22.7 Å². The topological polar surface area (TPSA) is 6.48 Å². The highest BCUT2D eigenvalue weighted by atomic mass is 15.2. The standard InChI is InChI=1S/C48H38N2/c1-7-19-41(20-8-1)47(49(43-23-11-3-12-24-43)44-25-13-4-14-26-44)35-31-39(32-36-47)40-33-37-48(38-34-40,42-21-9-2-10-22-42)50(45-27-15-5-16-28-45)46-29-17-6-18-30-46/h1-38H. The fourth-order valence-corrected chi connectivity index (χ4v) is 7.29. The first-order chi connectivity index (χ1) is 24.8. The van der Waals surface area contributed by atoms with E-state index in [1.165, 1.54) is 11.1 Å². The molecule has 0 amide bonds.